The number of rotatable bonds is 5. The lowest BCUT2D eigenvalue weighted by Gasteiger charge is -2.11. The normalized spacial score (nSPS) is 12.0. The van der Waals surface area contributed by atoms with Crippen LogP contribution in [-0.2, 0) is 11.2 Å². The summed E-state index contributed by atoms with van der Waals surface area (Å²) in [4.78, 5) is 33.8. The molecule has 1 aromatic heterocycles. The number of nitrogens with one attached hydrogen (secondary N) is 3. The second kappa shape index (κ2) is 9.63. The number of hydrogen-bond donors (Lipinski definition) is 3. The number of fused-ring (bicyclic) bond motifs is 3. The van der Waals surface area contributed by atoms with E-state index in [0.29, 0.717) is 44.9 Å². The largest absolute Gasteiger partial charge is 0.494 e. The Balaban J connectivity index is 1.33. The van der Waals surface area contributed by atoms with Gasteiger partial charge in [0.1, 0.15) is 0 Å². The van der Waals surface area contributed by atoms with Crippen LogP contribution in [0, 0.1) is 5.82 Å². The van der Waals surface area contributed by atoms with Crippen molar-refractivity contribution in [1.82, 2.24) is 9.97 Å². The Morgan fingerprint density at radius 2 is 1.86 bits per heavy atom. The fourth-order valence-corrected chi connectivity index (χ4v) is 3.98. The van der Waals surface area contributed by atoms with Crippen LogP contribution in [0.25, 0.3) is 11.3 Å². The number of ether oxygens (including phenoxy) is 1. The van der Waals surface area contributed by atoms with E-state index in [9.17, 15) is 14.0 Å². The molecule has 0 spiro atoms. The maximum absolute atomic E-state index is 13.9. The summed E-state index contributed by atoms with van der Waals surface area (Å²) in [7, 11) is 1.37. The van der Waals surface area contributed by atoms with E-state index in [2.05, 4.69) is 25.9 Å². The van der Waals surface area contributed by atoms with E-state index < -0.39 is 5.82 Å². The Kier molecular flexibility index (Phi) is 6.22. The van der Waals surface area contributed by atoms with Gasteiger partial charge in [-0.15, -0.1) is 0 Å². The van der Waals surface area contributed by atoms with Crippen LogP contribution < -0.4 is 20.7 Å². The number of hydrogen-bond acceptors (Lipinski definition) is 6. The molecule has 3 aromatic carbocycles. The number of carbonyl (C=O) groups excluding carboxylic acids is 2. The van der Waals surface area contributed by atoms with Gasteiger partial charge in [-0.2, -0.15) is 0 Å². The average Bonchev–Trinajstić information content (AvgIpc) is 2.99. The zero-order valence-corrected chi connectivity index (χ0v) is 19.7. The average molecular weight is 504 g/mol. The van der Waals surface area contributed by atoms with Crippen molar-refractivity contribution < 1.29 is 18.7 Å². The molecule has 180 valence electrons. The molecular formula is C26H19ClFN5O3. The fraction of sp³-hybridized carbons (Fsp3) is 0.0769. The van der Waals surface area contributed by atoms with Crippen LogP contribution in [0.2, 0.25) is 5.02 Å². The van der Waals surface area contributed by atoms with Gasteiger partial charge in [-0.3, -0.25) is 9.59 Å². The van der Waals surface area contributed by atoms with Crippen LogP contribution >= 0.6 is 11.6 Å². The number of aromatic nitrogens is 2. The number of methoxy groups -OCH3 is 1. The van der Waals surface area contributed by atoms with Crippen LogP contribution in [0.15, 0.2) is 66.9 Å². The van der Waals surface area contributed by atoms with Crippen molar-refractivity contribution in [1.29, 1.82) is 0 Å². The van der Waals surface area contributed by atoms with E-state index in [-0.39, 0.29) is 24.0 Å². The van der Waals surface area contributed by atoms with Gasteiger partial charge in [0.05, 0.1) is 24.9 Å². The summed E-state index contributed by atoms with van der Waals surface area (Å²) in [6, 6.07) is 16.1. The first-order valence-electron chi connectivity index (χ1n) is 10.9. The number of halogens is 2. The molecule has 0 radical (unpaired) electrons. The van der Waals surface area contributed by atoms with Crippen molar-refractivity contribution in [3.8, 4) is 17.0 Å². The third-order valence-electron chi connectivity index (χ3n) is 5.54. The Hall–Kier alpha value is -4.50. The summed E-state index contributed by atoms with van der Waals surface area (Å²) in [6.45, 7) is 0. The molecule has 0 aliphatic carbocycles. The van der Waals surface area contributed by atoms with E-state index in [1.165, 1.54) is 19.2 Å². The zero-order valence-electron chi connectivity index (χ0n) is 18.9. The van der Waals surface area contributed by atoms with E-state index >= 15 is 0 Å². The second-order valence-corrected chi connectivity index (χ2v) is 8.42. The van der Waals surface area contributed by atoms with Crippen LogP contribution in [0.4, 0.5) is 27.4 Å². The highest BCUT2D eigenvalue weighted by Crippen LogP contribution is 2.35. The summed E-state index contributed by atoms with van der Waals surface area (Å²) < 4.78 is 18.8. The molecule has 5 rings (SSSR count). The van der Waals surface area contributed by atoms with Crippen molar-refractivity contribution >= 4 is 46.4 Å². The summed E-state index contributed by atoms with van der Waals surface area (Å²) >= 11 is 6.10. The van der Waals surface area contributed by atoms with Gasteiger partial charge in [-0.25, -0.2) is 14.4 Å². The van der Waals surface area contributed by atoms with Crippen molar-refractivity contribution in [2.24, 2.45) is 0 Å². The number of carbonyl (C=O) groups is 2. The van der Waals surface area contributed by atoms with Gasteiger partial charge in [0, 0.05) is 45.4 Å². The smallest absolute Gasteiger partial charge is 0.255 e. The second-order valence-electron chi connectivity index (χ2n) is 7.99. The quantitative estimate of drug-likeness (QED) is 0.335. The molecule has 10 heteroatoms. The molecule has 1 aliphatic heterocycles. The topological polar surface area (TPSA) is 105 Å². The molecule has 0 saturated heterocycles. The molecule has 0 fully saturated rings. The fourth-order valence-electron chi connectivity index (χ4n) is 3.80. The highest BCUT2D eigenvalue weighted by atomic mass is 35.5. The number of amides is 2. The monoisotopic (exact) mass is 503 g/mol. The lowest BCUT2D eigenvalue weighted by Crippen LogP contribution is -2.13. The number of benzene rings is 3. The molecule has 0 unspecified atom stereocenters. The number of anilines is 4. The minimum atomic E-state index is -0.568. The van der Waals surface area contributed by atoms with Gasteiger partial charge in [0.2, 0.25) is 11.9 Å². The predicted octanol–water partition coefficient (Wildman–Crippen LogP) is 5.44. The molecule has 1 aliphatic rings. The van der Waals surface area contributed by atoms with Crippen LogP contribution in [0.3, 0.4) is 0 Å². The Morgan fingerprint density at radius 3 is 2.61 bits per heavy atom. The molecular weight excluding hydrogens is 485 g/mol. The minimum Gasteiger partial charge on any atom is -0.494 e. The summed E-state index contributed by atoms with van der Waals surface area (Å²) in [5.41, 5.74) is 4.00. The standard InChI is InChI=1S/C26H19ClFN5O3/c1-36-22-9-7-18(12-20(22)28)30-25(35)14-2-5-17(6-3-14)31-26-29-13-15-10-23(34)32-21-11-16(27)4-8-19(21)24(15)33-26/h2-9,11-13H,10H2,1H3,(H,30,35)(H,32,34)(H,29,31,33). The molecule has 4 aromatic rings. The van der Waals surface area contributed by atoms with E-state index in [0.717, 1.165) is 5.56 Å². The van der Waals surface area contributed by atoms with Gasteiger partial charge in [0.25, 0.3) is 5.91 Å². The lowest BCUT2D eigenvalue weighted by molar-refractivity contribution is -0.115. The third kappa shape index (κ3) is 4.82. The first-order valence-corrected chi connectivity index (χ1v) is 11.2. The van der Waals surface area contributed by atoms with Crippen molar-refractivity contribution in [2.75, 3.05) is 23.1 Å². The first-order chi connectivity index (χ1) is 17.4. The maximum Gasteiger partial charge on any atom is 0.255 e. The van der Waals surface area contributed by atoms with Gasteiger partial charge in [0.15, 0.2) is 11.6 Å². The molecule has 0 bridgehead atoms. The third-order valence-corrected chi connectivity index (χ3v) is 5.77. The summed E-state index contributed by atoms with van der Waals surface area (Å²) in [5, 5.41) is 9.12. The van der Waals surface area contributed by atoms with Gasteiger partial charge in [-0.05, 0) is 54.6 Å². The van der Waals surface area contributed by atoms with Crippen molar-refractivity contribution in [3.63, 3.8) is 0 Å². The van der Waals surface area contributed by atoms with Crippen LogP contribution in [0.5, 0.6) is 5.75 Å². The number of nitrogens with zero attached hydrogens (tertiary/aromatic N) is 2. The Bertz CT molecular complexity index is 1490. The van der Waals surface area contributed by atoms with Crippen molar-refractivity contribution in [2.45, 2.75) is 6.42 Å². The molecule has 2 heterocycles. The highest BCUT2D eigenvalue weighted by molar-refractivity contribution is 6.31. The summed E-state index contributed by atoms with van der Waals surface area (Å²) in [5.74, 6) is -0.706. The predicted molar refractivity (Wildman–Crippen MR) is 135 cm³/mol. The summed E-state index contributed by atoms with van der Waals surface area (Å²) in [6.07, 6.45) is 1.76. The van der Waals surface area contributed by atoms with E-state index in [1.54, 1.807) is 54.7 Å². The lowest BCUT2D eigenvalue weighted by atomic mass is 10.1. The Labute approximate surface area is 210 Å². The molecule has 36 heavy (non-hydrogen) atoms. The van der Waals surface area contributed by atoms with Crippen molar-refractivity contribution in [3.05, 3.63) is 88.8 Å². The zero-order chi connectivity index (χ0) is 25.2. The first kappa shape index (κ1) is 23.3. The minimum absolute atomic E-state index is 0.0959. The van der Waals surface area contributed by atoms with Crippen LogP contribution in [-0.4, -0.2) is 28.9 Å². The highest BCUT2D eigenvalue weighted by Gasteiger charge is 2.21. The van der Waals surface area contributed by atoms with Crippen LogP contribution in [0.1, 0.15) is 15.9 Å². The van der Waals surface area contributed by atoms with Gasteiger partial charge >= 0.3 is 0 Å². The van der Waals surface area contributed by atoms with Gasteiger partial charge < -0.3 is 20.7 Å². The molecule has 2 amide bonds. The van der Waals surface area contributed by atoms with E-state index in [1.807, 2.05) is 0 Å². The maximum atomic E-state index is 13.9. The molecule has 0 saturated carbocycles. The SMILES string of the molecule is COc1ccc(NC(=O)c2ccc(Nc3ncc4c(n3)-c3ccc(Cl)cc3NC(=O)C4)cc2)cc1F. The molecule has 3 N–H and O–H groups in total. The molecule has 0 atom stereocenters. The Morgan fingerprint density at radius 1 is 1.08 bits per heavy atom. The van der Waals surface area contributed by atoms with Gasteiger partial charge in [-0.1, -0.05) is 11.6 Å². The van der Waals surface area contributed by atoms with E-state index in [4.69, 9.17) is 16.3 Å². The molecule has 8 nitrogen and oxygen atoms in total.